The van der Waals surface area contributed by atoms with Gasteiger partial charge in [-0.15, -0.1) is 0 Å². The standard InChI is InChI=1S/C73H47N3.C67H43N3/c1-2-18-48(19-3-1)49-36-38-52(39-37-49)55-20-5-11-30-65(55)75(54-46-42-51(43-47-54)50-40-44-53(45-41-50)74-66-31-12-6-21-56(66)57-22-7-13-32-67(57)74)70-35-17-28-63-71(70)60-24-4-9-26-61(60)73(63)62-27-10-15-34-69(62)76-68-33-14-8-23-58(68)59-25-16-29-64(73)72(59)76;1-2-18-44(19-3-1)45-36-38-46(39-37-45)49-20-5-11-30-59(49)69(48-42-40-47(41-43-48)68-60-31-12-6-21-50(60)51-22-7-13-32-61(51)68)64-35-17-28-57-65(64)54-24-4-9-26-55(54)67(57)56-27-10-15-34-63(56)70-62-33-14-8-23-52(62)53-25-16-29-58(67)66(53)70/h1-47H;1-43H. The molecule has 6 heterocycles. The molecule has 146 heavy (non-hydrogen) atoms. The molecule has 0 bridgehead atoms. The molecule has 2 atom stereocenters. The van der Waals surface area contributed by atoms with Crippen LogP contribution < -0.4 is 9.80 Å². The van der Waals surface area contributed by atoms with E-state index in [4.69, 9.17) is 0 Å². The van der Waals surface area contributed by atoms with Crippen LogP contribution in [0.1, 0.15) is 44.5 Å². The maximum atomic E-state index is 2.52. The fourth-order valence-electron chi connectivity index (χ4n) is 25.9. The van der Waals surface area contributed by atoms with Gasteiger partial charge in [-0.1, -0.05) is 425 Å². The quantitative estimate of drug-likeness (QED) is 0.115. The lowest BCUT2D eigenvalue weighted by Crippen LogP contribution is -2.33. The van der Waals surface area contributed by atoms with E-state index < -0.39 is 10.8 Å². The van der Waals surface area contributed by atoms with Crippen LogP contribution in [0.15, 0.2) is 546 Å². The second-order valence-corrected chi connectivity index (χ2v) is 39.1. The molecular formula is C140H90N6. The third kappa shape index (κ3) is 12.0. The van der Waals surface area contributed by atoms with Crippen molar-refractivity contribution in [2.24, 2.45) is 0 Å². The highest BCUT2D eigenvalue weighted by Crippen LogP contribution is 2.67. The van der Waals surface area contributed by atoms with Gasteiger partial charge >= 0.3 is 0 Å². The first-order chi connectivity index (χ1) is 72.5. The van der Waals surface area contributed by atoms with Crippen molar-refractivity contribution < 1.29 is 0 Å². The summed E-state index contributed by atoms with van der Waals surface area (Å²) < 4.78 is 9.84. The molecule has 31 rings (SSSR count). The number of aromatic nitrogens is 4. The first kappa shape index (κ1) is 82.7. The Bertz CT molecular complexity index is 9890. The molecule has 0 saturated carbocycles. The second kappa shape index (κ2) is 32.7. The van der Waals surface area contributed by atoms with E-state index in [1.165, 1.54) is 193 Å². The molecule has 0 amide bonds. The summed E-state index contributed by atoms with van der Waals surface area (Å²) in [7, 11) is 0. The first-order valence-electron chi connectivity index (χ1n) is 50.6. The minimum Gasteiger partial charge on any atom is -0.309 e. The molecule has 6 heteroatoms. The molecule has 0 fully saturated rings. The van der Waals surface area contributed by atoms with E-state index in [1.54, 1.807) is 0 Å². The average molecular weight is 1860 g/mol. The summed E-state index contributed by atoms with van der Waals surface area (Å²) in [6, 6.07) is 202. The number of hydrogen-bond acceptors (Lipinski definition) is 2. The summed E-state index contributed by atoms with van der Waals surface area (Å²) in [5.41, 5.74) is 47.2. The molecule has 0 saturated heterocycles. The van der Waals surface area contributed by atoms with Gasteiger partial charge in [-0.2, -0.15) is 0 Å². The normalized spacial score (nSPS) is 14.2. The molecule has 4 aliphatic rings. The van der Waals surface area contributed by atoms with Crippen molar-refractivity contribution in [1.29, 1.82) is 0 Å². The van der Waals surface area contributed by atoms with Gasteiger partial charge in [0.25, 0.3) is 0 Å². The number of para-hydroxylation sites is 12. The van der Waals surface area contributed by atoms with Crippen molar-refractivity contribution in [3.63, 3.8) is 0 Å². The fourth-order valence-corrected chi connectivity index (χ4v) is 25.9. The predicted octanol–water partition coefficient (Wildman–Crippen LogP) is 36.4. The molecular weight excluding hydrogens is 1770 g/mol. The third-order valence-corrected chi connectivity index (χ3v) is 31.9. The summed E-state index contributed by atoms with van der Waals surface area (Å²) in [5, 5.41) is 10.1. The molecule has 2 aliphatic carbocycles. The van der Waals surface area contributed by atoms with E-state index in [1.807, 2.05) is 0 Å². The highest BCUT2D eigenvalue weighted by atomic mass is 15.2. The Morgan fingerprint density at radius 1 is 0.144 bits per heavy atom. The highest BCUT2D eigenvalue weighted by molar-refractivity contribution is 6.17. The zero-order valence-corrected chi connectivity index (χ0v) is 79.6. The van der Waals surface area contributed by atoms with E-state index in [9.17, 15) is 0 Å². The van der Waals surface area contributed by atoms with Crippen LogP contribution in [0, 0.1) is 0 Å². The fraction of sp³-hybridized carbons (Fsp3) is 0.0143. The summed E-state index contributed by atoms with van der Waals surface area (Å²) >= 11 is 0. The SMILES string of the molecule is c1ccc(-c2ccc(-c3ccccc3N(c3ccc(-c4ccc(-n5c6ccccc6c6ccccc65)cc4)cc3)c3cccc4c3-c3ccccc3C43c4ccccc4-n4c5ccccc5c5cccc3c54)cc2)cc1.c1ccc(-c2ccc(-c3ccccc3N(c3ccc(-n4c5ccccc5c5ccccc54)cc3)c3cccc4c3-c3ccccc3C43c4ccccc4-n4c5ccccc5c5cccc3c54)cc2)cc1. The van der Waals surface area contributed by atoms with Gasteiger partial charge in [0.2, 0.25) is 0 Å². The Morgan fingerprint density at radius 2 is 0.384 bits per heavy atom. The van der Waals surface area contributed by atoms with Crippen LogP contribution >= 0.6 is 0 Å². The Morgan fingerprint density at radius 3 is 0.767 bits per heavy atom. The summed E-state index contributed by atoms with van der Waals surface area (Å²) in [6.45, 7) is 0. The smallest absolute Gasteiger partial charge is 0.0755 e. The molecule has 0 radical (unpaired) electrons. The van der Waals surface area contributed by atoms with Crippen molar-refractivity contribution >= 4 is 121 Å². The number of anilines is 6. The van der Waals surface area contributed by atoms with Gasteiger partial charge in [-0.3, -0.25) is 0 Å². The molecule has 4 aromatic heterocycles. The second-order valence-electron chi connectivity index (χ2n) is 39.1. The predicted molar refractivity (Wildman–Crippen MR) is 609 cm³/mol. The summed E-state index contributed by atoms with van der Waals surface area (Å²) in [6.07, 6.45) is 0. The van der Waals surface area contributed by atoms with Crippen molar-refractivity contribution in [1.82, 2.24) is 18.3 Å². The molecule has 0 N–H and O–H groups in total. The van der Waals surface area contributed by atoms with Gasteiger partial charge in [-0.05, 0) is 221 Å². The molecule has 2 aliphatic heterocycles. The zero-order chi connectivity index (χ0) is 95.8. The highest BCUT2D eigenvalue weighted by Gasteiger charge is 2.54. The van der Waals surface area contributed by atoms with Crippen molar-refractivity contribution in [2.75, 3.05) is 9.80 Å². The first-order valence-corrected chi connectivity index (χ1v) is 50.6. The van der Waals surface area contributed by atoms with Crippen LogP contribution in [0.3, 0.4) is 0 Å². The Kier molecular flexibility index (Phi) is 18.5. The number of hydrogen-bond donors (Lipinski definition) is 0. The number of nitrogens with zero attached hydrogens (tertiary/aromatic N) is 6. The van der Waals surface area contributed by atoms with Gasteiger partial charge in [-0.25, -0.2) is 0 Å². The number of rotatable bonds is 13. The average Bonchev–Trinajstić information content (AvgIpc) is 1.50. The number of benzene rings is 23. The zero-order valence-electron chi connectivity index (χ0n) is 79.6. The van der Waals surface area contributed by atoms with Crippen molar-refractivity contribution in [3.8, 4) is 101 Å². The van der Waals surface area contributed by atoms with E-state index in [0.29, 0.717) is 0 Å². The third-order valence-electron chi connectivity index (χ3n) is 31.9. The maximum Gasteiger partial charge on any atom is 0.0755 e. The van der Waals surface area contributed by atoms with E-state index >= 15 is 0 Å². The minimum absolute atomic E-state index is 0.582. The monoisotopic (exact) mass is 1850 g/mol. The van der Waals surface area contributed by atoms with Crippen LogP contribution in [-0.2, 0) is 10.8 Å². The summed E-state index contributed by atoms with van der Waals surface area (Å²) in [5.74, 6) is 0. The van der Waals surface area contributed by atoms with Crippen LogP contribution in [-0.4, -0.2) is 18.3 Å². The summed E-state index contributed by atoms with van der Waals surface area (Å²) in [4.78, 5) is 5.05. The van der Waals surface area contributed by atoms with Crippen LogP contribution in [0.5, 0.6) is 0 Å². The topological polar surface area (TPSA) is 26.2 Å². The van der Waals surface area contributed by atoms with E-state index in [0.717, 1.165) is 73.3 Å². The molecule has 680 valence electrons. The Balaban J connectivity index is 0.000000136. The molecule has 2 spiro atoms. The minimum atomic E-state index is -0.587. The van der Waals surface area contributed by atoms with Crippen molar-refractivity contribution in [3.05, 3.63) is 590 Å². The molecule has 2 unspecified atom stereocenters. The van der Waals surface area contributed by atoms with Gasteiger partial charge < -0.3 is 28.1 Å². The van der Waals surface area contributed by atoms with Gasteiger partial charge in [0.05, 0.1) is 89.1 Å². The van der Waals surface area contributed by atoms with E-state index in [-0.39, 0.29) is 0 Å². The van der Waals surface area contributed by atoms with Gasteiger partial charge in [0.15, 0.2) is 0 Å². The number of fused-ring (bicyclic) bond motifs is 30. The Hall–Kier alpha value is -19.1. The van der Waals surface area contributed by atoms with Gasteiger partial charge in [0.1, 0.15) is 0 Å². The molecule has 27 aromatic rings. The lowest BCUT2D eigenvalue weighted by Gasteiger charge is -2.39. The molecule has 6 nitrogen and oxygen atoms in total. The van der Waals surface area contributed by atoms with Crippen LogP contribution in [0.2, 0.25) is 0 Å². The van der Waals surface area contributed by atoms with Crippen molar-refractivity contribution in [2.45, 2.75) is 10.8 Å². The van der Waals surface area contributed by atoms with Crippen LogP contribution in [0.25, 0.3) is 188 Å². The Labute approximate surface area is 845 Å². The van der Waals surface area contributed by atoms with Gasteiger partial charge in [0, 0.05) is 88.1 Å². The molecule has 23 aromatic carbocycles. The van der Waals surface area contributed by atoms with E-state index in [2.05, 4.69) is 574 Å². The van der Waals surface area contributed by atoms with Crippen LogP contribution in [0.4, 0.5) is 34.1 Å². The largest absolute Gasteiger partial charge is 0.309 e. The lowest BCUT2D eigenvalue weighted by atomic mass is 9.65. The lowest BCUT2D eigenvalue weighted by molar-refractivity contribution is 0.748. The maximum absolute atomic E-state index is 2.52.